The van der Waals surface area contributed by atoms with E-state index in [4.69, 9.17) is 5.11 Å². The summed E-state index contributed by atoms with van der Waals surface area (Å²) in [7, 11) is 0. The summed E-state index contributed by atoms with van der Waals surface area (Å²) in [5.74, 6) is -3.33. The molecule has 0 fully saturated rings. The summed E-state index contributed by atoms with van der Waals surface area (Å²) in [5.41, 5.74) is -1.45. The highest BCUT2D eigenvalue weighted by molar-refractivity contribution is 6.17. The number of aromatic hydroxyl groups is 3. The van der Waals surface area contributed by atoms with E-state index in [1.807, 2.05) is 0 Å². The van der Waals surface area contributed by atoms with E-state index in [1.54, 1.807) is 0 Å². The van der Waals surface area contributed by atoms with Crippen LogP contribution in [0, 0.1) is 0 Å². The number of phenolic OH excluding ortho intramolecular Hbond substituents is 3. The minimum Gasteiger partial charge on any atom is -0.506 e. The molecule has 25 heavy (non-hydrogen) atoms. The van der Waals surface area contributed by atoms with Crippen molar-refractivity contribution in [1.29, 1.82) is 0 Å². The summed E-state index contributed by atoms with van der Waals surface area (Å²) in [4.78, 5) is 38.4. The van der Waals surface area contributed by atoms with Crippen molar-refractivity contribution in [2.24, 2.45) is 0 Å². The van der Waals surface area contributed by atoms with E-state index in [2.05, 4.69) is 4.98 Å². The van der Waals surface area contributed by atoms with Crippen LogP contribution in [0.1, 0.15) is 26.4 Å². The second-order valence-electron chi connectivity index (χ2n) is 5.27. The third-order valence-corrected chi connectivity index (χ3v) is 3.68. The van der Waals surface area contributed by atoms with Gasteiger partial charge in [0.2, 0.25) is 0 Å². The van der Waals surface area contributed by atoms with Gasteiger partial charge in [-0.25, -0.2) is 4.79 Å². The number of carboxylic acids is 1. The lowest BCUT2D eigenvalue weighted by molar-refractivity contribution is 0.0690. The summed E-state index contributed by atoms with van der Waals surface area (Å²) in [5, 5.41) is 37.6. The van der Waals surface area contributed by atoms with Crippen molar-refractivity contribution in [1.82, 2.24) is 4.98 Å². The van der Waals surface area contributed by atoms with Gasteiger partial charge in [0, 0.05) is 17.2 Å². The predicted octanol–water partition coefficient (Wildman–Crippen LogP) is 1.57. The Morgan fingerprint density at radius 3 is 2.20 bits per heavy atom. The second-order valence-corrected chi connectivity index (χ2v) is 5.27. The van der Waals surface area contributed by atoms with Gasteiger partial charge >= 0.3 is 5.97 Å². The number of carbonyl (C=O) groups excluding carboxylic acids is 1. The van der Waals surface area contributed by atoms with Crippen LogP contribution in [0.4, 0.5) is 0 Å². The number of rotatable bonds is 3. The maximum Gasteiger partial charge on any atom is 0.352 e. The van der Waals surface area contributed by atoms with Crippen LogP contribution >= 0.6 is 0 Å². The third-order valence-electron chi connectivity index (χ3n) is 3.68. The Balaban J connectivity index is 2.28. The number of carbonyl (C=O) groups is 2. The highest BCUT2D eigenvalue weighted by Gasteiger charge is 2.19. The smallest absolute Gasteiger partial charge is 0.352 e. The molecule has 0 aliphatic carbocycles. The van der Waals surface area contributed by atoms with Gasteiger partial charge in [0.05, 0.1) is 10.9 Å². The van der Waals surface area contributed by atoms with Crippen LogP contribution in [0.25, 0.3) is 10.9 Å². The summed E-state index contributed by atoms with van der Waals surface area (Å²) < 4.78 is 0. The fourth-order valence-electron chi connectivity index (χ4n) is 2.47. The van der Waals surface area contributed by atoms with Crippen molar-refractivity contribution in [3.63, 3.8) is 0 Å². The van der Waals surface area contributed by atoms with Gasteiger partial charge in [-0.05, 0) is 30.3 Å². The molecular weight excluding hydrogens is 330 g/mol. The first kappa shape index (κ1) is 16.1. The Hall–Kier alpha value is -3.81. The molecule has 0 saturated carbocycles. The Bertz CT molecular complexity index is 1100. The number of aromatic nitrogens is 1. The van der Waals surface area contributed by atoms with E-state index in [-0.39, 0.29) is 27.8 Å². The van der Waals surface area contributed by atoms with Crippen molar-refractivity contribution in [3.05, 3.63) is 63.4 Å². The molecule has 0 unspecified atom stereocenters. The van der Waals surface area contributed by atoms with E-state index >= 15 is 0 Å². The zero-order valence-corrected chi connectivity index (χ0v) is 12.5. The Labute approximate surface area is 139 Å². The minimum atomic E-state index is -1.39. The number of nitrogens with one attached hydrogen (secondary N) is 1. The molecule has 2 aromatic carbocycles. The maximum absolute atomic E-state index is 12.7. The van der Waals surface area contributed by atoms with E-state index in [1.165, 1.54) is 12.1 Å². The average Bonchev–Trinajstić information content (AvgIpc) is 2.57. The predicted molar refractivity (Wildman–Crippen MR) is 86.4 cm³/mol. The Morgan fingerprint density at radius 2 is 1.56 bits per heavy atom. The largest absolute Gasteiger partial charge is 0.506 e. The summed E-state index contributed by atoms with van der Waals surface area (Å²) in [6.07, 6.45) is 0. The van der Waals surface area contributed by atoms with Crippen LogP contribution in [0.3, 0.4) is 0 Å². The van der Waals surface area contributed by atoms with Crippen LogP contribution < -0.4 is 5.43 Å². The molecule has 0 aliphatic heterocycles. The Morgan fingerprint density at radius 1 is 0.880 bits per heavy atom. The van der Waals surface area contributed by atoms with E-state index < -0.39 is 34.4 Å². The molecule has 0 spiro atoms. The topological polar surface area (TPSA) is 148 Å². The molecule has 0 bridgehead atoms. The number of hydrogen-bond acceptors (Lipinski definition) is 6. The lowest BCUT2D eigenvalue weighted by Gasteiger charge is -2.09. The number of carboxylic acid groups (broad SMARTS) is 1. The van der Waals surface area contributed by atoms with Gasteiger partial charge in [-0.15, -0.1) is 0 Å². The number of hydrogen-bond donors (Lipinski definition) is 5. The van der Waals surface area contributed by atoms with Gasteiger partial charge in [0.1, 0.15) is 11.4 Å². The molecule has 3 rings (SSSR count). The first-order valence-corrected chi connectivity index (χ1v) is 6.98. The van der Waals surface area contributed by atoms with E-state index in [0.29, 0.717) is 0 Å². The fraction of sp³-hybridized carbons (Fsp3) is 0. The summed E-state index contributed by atoms with van der Waals surface area (Å²) >= 11 is 0. The molecule has 0 saturated heterocycles. The number of phenols is 3. The van der Waals surface area contributed by atoms with Gasteiger partial charge in [-0.2, -0.15) is 0 Å². The number of benzene rings is 2. The van der Waals surface area contributed by atoms with Crippen LogP contribution in [-0.4, -0.2) is 37.2 Å². The first-order chi connectivity index (χ1) is 11.8. The maximum atomic E-state index is 12.7. The molecule has 0 amide bonds. The highest BCUT2D eigenvalue weighted by atomic mass is 16.4. The number of aromatic carboxylic acids is 1. The quantitative estimate of drug-likeness (QED) is 0.359. The number of fused-ring (bicyclic) bond motifs is 1. The van der Waals surface area contributed by atoms with Gasteiger partial charge in [-0.3, -0.25) is 9.59 Å². The molecule has 8 nitrogen and oxygen atoms in total. The number of H-pyrrole nitrogens is 1. The molecule has 0 atom stereocenters. The van der Waals surface area contributed by atoms with Gasteiger partial charge in [-0.1, -0.05) is 0 Å². The molecule has 3 aromatic rings. The molecule has 1 aromatic heterocycles. The number of ketones is 1. The minimum absolute atomic E-state index is 0.00370. The van der Waals surface area contributed by atoms with Gasteiger partial charge in [0.15, 0.2) is 22.7 Å². The van der Waals surface area contributed by atoms with Crippen LogP contribution in [0.15, 0.2) is 41.2 Å². The van der Waals surface area contributed by atoms with Crippen LogP contribution in [-0.2, 0) is 0 Å². The molecular formula is C17H11NO7. The third kappa shape index (κ3) is 2.65. The van der Waals surface area contributed by atoms with Crippen LogP contribution in [0.2, 0.25) is 0 Å². The van der Waals surface area contributed by atoms with E-state index in [0.717, 1.165) is 24.3 Å². The highest BCUT2D eigenvalue weighted by Crippen LogP contribution is 2.29. The molecule has 0 radical (unpaired) electrons. The standard InChI is InChI=1S/C17H11NO7/c19-10-3-1-7(5-12(10)21)16(23)8-2-4-11(20)15-14(8)13(22)6-9(18-15)17(24)25/h1-6,19-21H,(H,18,22)(H,24,25). The number of pyridine rings is 1. The molecule has 1 heterocycles. The number of aromatic amines is 1. The molecule has 8 heteroatoms. The van der Waals surface area contributed by atoms with Gasteiger partial charge in [0.25, 0.3) is 0 Å². The molecule has 5 N–H and O–H groups in total. The van der Waals surface area contributed by atoms with Crippen molar-refractivity contribution < 1.29 is 30.0 Å². The monoisotopic (exact) mass is 341 g/mol. The van der Waals surface area contributed by atoms with Crippen molar-refractivity contribution in [2.75, 3.05) is 0 Å². The van der Waals surface area contributed by atoms with E-state index in [9.17, 15) is 29.7 Å². The van der Waals surface area contributed by atoms with Crippen LogP contribution in [0.5, 0.6) is 17.2 Å². The lowest BCUT2D eigenvalue weighted by Crippen LogP contribution is -2.13. The van der Waals surface area contributed by atoms with Crippen molar-refractivity contribution >= 4 is 22.7 Å². The first-order valence-electron chi connectivity index (χ1n) is 6.98. The van der Waals surface area contributed by atoms with Crippen molar-refractivity contribution in [2.45, 2.75) is 0 Å². The normalized spacial score (nSPS) is 10.7. The summed E-state index contributed by atoms with van der Waals surface area (Å²) in [6.45, 7) is 0. The average molecular weight is 341 g/mol. The SMILES string of the molecule is O=C(O)c1cc(=O)c2c(C(=O)c3ccc(O)c(O)c3)ccc(O)c2[nH]1. The Kier molecular flexibility index (Phi) is 3.65. The zero-order valence-electron chi connectivity index (χ0n) is 12.5. The zero-order chi connectivity index (χ0) is 18.3. The van der Waals surface area contributed by atoms with Crippen molar-refractivity contribution in [3.8, 4) is 17.2 Å². The molecule has 0 aliphatic rings. The fourth-order valence-corrected chi connectivity index (χ4v) is 2.47. The lowest BCUT2D eigenvalue weighted by atomic mass is 9.98. The summed E-state index contributed by atoms with van der Waals surface area (Å²) in [6, 6.07) is 6.61. The van der Waals surface area contributed by atoms with Gasteiger partial charge < -0.3 is 25.4 Å². The molecule has 126 valence electrons. The second kappa shape index (κ2) is 5.68.